The number of carbonyl (C=O) groups is 1. The first kappa shape index (κ1) is 17.3. The van der Waals surface area contributed by atoms with E-state index >= 15 is 0 Å². The van der Waals surface area contributed by atoms with Gasteiger partial charge in [0, 0.05) is 17.0 Å². The molecule has 1 atom stereocenters. The summed E-state index contributed by atoms with van der Waals surface area (Å²) in [7, 11) is 0. The maximum atomic E-state index is 12.6. The molecule has 3 rings (SSSR count). The van der Waals surface area contributed by atoms with Crippen molar-refractivity contribution in [3.05, 3.63) is 90.5 Å². The van der Waals surface area contributed by atoms with Crippen molar-refractivity contribution < 1.29 is 4.79 Å². The molecule has 3 heteroatoms. The van der Waals surface area contributed by atoms with Gasteiger partial charge in [0.25, 0.3) is 0 Å². The molecule has 2 nitrogen and oxygen atoms in total. The van der Waals surface area contributed by atoms with Crippen molar-refractivity contribution in [3.63, 3.8) is 0 Å². The molecule has 0 radical (unpaired) electrons. The monoisotopic (exact) mass is 347 g/mol. The van der Waals surface area contributed by atoms with Crippen LogP contribution in [0.15, 0.2) is 84.9 Å². The second-order valence-electron chi connectivity index (χ2n) is 5.84. The highest BCUT2D eigenvalue weighted by Gasteiger charge is 2.15. The van der Waals surface area contributed by atoms with Gasteiger partial charge in [0.1, 0.15) is 0 Å². The summed E-state index contributed by atoms with van der Waals surface area (Å²) in [6.45, 7) is 1.95. The second kappa shape index (κ2) is 8.54. The fourth-order valence-electron chi connectivity index (χ4n) is 2.57. The maximum absolute atomic E-state index is 12.6. The predicted octanol–water partition coefficient (Wildman–Crippen LogP) is 5.61. The van der Waals surface area contributed by atoms with Gasteiger partial charge in [-0.25, -0.2) is 0 Å². The third-order valence-corrected chi connectivity index (χ3v) is 5.20. The molecule has 0 aromatic heterocycles. The lowest BCUT2D eigenvalue weighted by molar-refractivity contribution is -0.115. The molecule has 0 saturated carbocycles. The van der Waals surface area contributed by atoms with E-state index in [9.17, 15) is 4.79 Å². The Morgan fingerprint density at radius 2 is 1.48 bits per heavy atom. The molecule has 0 aliphatic heterocycles. The van der Waals surface area contributed by atoms with E-state index in [1.807, 2.05) is 67.6 Å². The summed E-state index contributed by atoms with van der Waals surface area (Å²) in [4.78, 5) is 12.6. The van der Waals surface area contributed by atoms with Crippen molar-refractivity contribution in [3.8, 4) is 11.1 Å². The van der Waals surface area contributed by atoms with Crippen LogP contribution in [0.1, 0.15) is 12.5 Å². The number of benzene rings is 3. The third kappa shape index (κ3) is 4.74. The largest absolute Gasteiger partial charge is 0.325 e. The average Bonchev–Trinajstić information content (AvgIpc) is 2.68. The van der Waals surface area contributed by atoms with Crippen molar-refractivity contribution in [2.45, 2.75) is 17.9 Å². The Balaban J connectivity index is 1.67. The van der Waals surface area contributed by atoms with Crippen LogP contribution < -0.4 is 5.32 Å². The van der Waals surface area contributed by atoms with Crippen molar-refractivity contribution in [1.29, 1.82) is 0 Å². The molecule has 126 valence electrons. The van der Waals surface area contributed by atoms with Gasteiger partial charge in [-0.2, -0.15) is 0 Å². The average molecular weight is 347 g/mol. The summed E-state index contributed by atoms with van der Waals surface area (Å²) in [6, 6.07) is 28.3. The van der Waals surface area contributed by atoms with Crippen LogP contribution in [0, 0.1) is 0 Å². The zero-order valence-electron chi connectivity index (χ0n) is 14.2. The summed E-state index contributed by atoms with van der Waals surface area (Å²) in [5, 5.41) is 2.96. The number of thioether (sulfide) groups is 1. The van der Waals surface area contributed by atoms with Crippen molar-refractivity contribution in [1.82, 2.24) is 0 Å². The van der Waals surface area contributed by atoms with Gasteiger partial charge in [0.2, 0.25) is 5.91 Å². The van der Waals surface area contributed by atoms with Gasteiger partial charge >= 0.3 is 0 Å². The summed E-state index contributed by atoms with van der Waals surface area (Å²) in [5.74, 6) is 0.861. The molecular formula is C22H21NOS. The molecule has 0 aliphatic carbocycles. The molecular weight excluding hydrogens is 326 g/mol. The highest BCUT2D eigenvalue weighted by molar-refractivity contribution is 7.99. The van der Waals surface area contributed by atoms with Crippen LogP contribution in [0.25, 0.3) is 11.1 Å². The SMILES string of the molecule is C[C@@H](SCc1ccccc1)C(=O)Nc1ccccc1-c1ccccc1. The maximum Gasteiger partial charge on any atom is 0.237 e. The number of amides is 1. The summed E-state index contributed by atoms with van der Waals surface area (Å²) in [5.41, 5.74) is 4.22. The normalized spacial score (nSPS) is 11.7. The molecule has 0 bridgehead atoms. The predicted molar refractivity (Wildman–Crippen MR) is 108 cm³/mol. The van der Waals surface area contributed by atoms with Crippen molar-refractivity contribution in [2.24, 2.45) is 0 Å². The lowest BCUT2D eigenvalue weighted by Gasteiger charge is -2.15. The van der Waals surface area contributed by atoms with E-state index in [0.29, 0.717) is 0 Å². The van der Waals surface area contributed by atoms with E-state index in [-0.39, 0.29) is 11.2 Å². The molecule has 1 N–H and O–H groups in total. The van der Waals surface area contributed by atoms with Gasteiger partial charge in [0.05, 0.1) is 5.25 Å². The minimum absolute atomic E-state index is 0.0318. The fraction of sp³-hybridized carbons (Fsp3) is 0.136. The lowest BCUT2D eigenvalue weighted by atomic mass is 10.0. The molecule has 0 fully saturated rings. The van der Waals surface area contributed by atoms with Gasteiger partial charge in [-0.3, -0.25) is 4.79 Å². The molecule has 0 saturated heterocycles. The Morgan fingerprint density at radius 1 is 0.880 bits per heavy atom. The standard InChI is InChI=1S/C22H21NOS/c1-17(25-16-18-10-4-2-5-11-18)22(24)23-21-15-9-8-14-20(21)19-12-6-3-7-13-19/h2-15,17H,16H2,1H3,(H,23,24)/t17-/m1/s1. The van der Waals surface area contributed by atoms with E-state index < -0.39 is 0 Å². The van der Waals surface area contributed by atoms with Gasteiger partial charge in [-0.05, 0) is 24.1 Å². The molecule has 1 amide bonds. The Bertz CT molecular complexity index is 818. The Labute approximate surface area is 153 Å². The molecule has 3 aromatic rings. The van der Waals surface area contributed by atoms with Crippen molar-refractivity contribution >= 4 is 23.4 Å². The fourth-order valence-corrected chi connectivity index (χ4v) is 3.41. The second-order valence-corrected chi connectivity index (χ2v) is 7.17. The minimum atomic E-state index is -0.121. The van der Waals surface area contributed by atoms with Gasteiger partial charge in [-0.15, -0.1) is 11.8 Å². The smallest absolute Gasteiger partial charge is 0.237 e. The highest BCUT2D eigenvalue weighted by Crippen LogP contribution is 2.28. The van der Waals surface area contributed by atoms with Crippen LogP contribution in [0.3, 0.4) is 0 Å². The van der Waals surface area contributed by atoms with E-state index in [2.05, 4.69) is 29.6 Å². The Kier molecular flexibility index (Phi) is 5.91. The topological polar surface area (TPSA) is 29.1 Å². The number of hydrogen-bond acceptors (Lipinski definition) is 2. The molecule has 0 aliphatic rings. The molecule has 0 spiro atoms. The van der Waals surface area contributed by atoms with Crippen LogP contribution in [0.2, 0.25) is 0 Å². The van der Waals surface area contributed by atoms with E-state index in [0.717, 1.165) is 22.6 Å². The molecule has 25 heavy (non-hydrogen) atoms. The minimum Gasteiger partial charge on any atom is -0.325 e. The molecule has 0 heterocycles. The van der Waals surface area contributed by atoms with Crippen LogP contribution in [0.5, 0.6) is 0 Å². The van der Waals surface area contributed by atoms with Crippen LogP contribution in [-0.2, 0) is 10.5 Å². The van der Waals surface area contributed by atoms with E-state index in [1.165, 1.54) is 5.56 Å². The van der Waals surface area contributed by atoms with Crippen molar-refractivity contribution in [2.75, 3.05) is 5.32 Å². The molecule has 0 unspecified atom stereocenters. The van der Waals surface area contributed by atoms with Crippen LogP contribution in [0.4, 0.5) is 5.69 Å². The number of anilines is 1. The van der Waals surface area contributed by atoms with Gasteiger partial charge in [-0.1, -0.05) is 78.9 Å². The Hall–Kier alpha value is -2.52. The first-order valence-corrected chi connectivity index (χ1v) is 9.40. The number of hydrogen-bond donors (Lipinski definition) is 1. The number of carbonyl (C=O) groups excluding carboxylic acids is 1. The third-order valence-electron chi connectivity index (χ3n) is 3.98. The lowest BCUT2D eigenvalue weighted by Crippen LogP contribution is -2.22. The number of nitrogens with one attached hydrogen (secondary N) is 1. The summed E-state index contributed by atoms with van der Waals surface area (Å²) >= 11 is 1.65. The molecule has 3 aromatic carbocycles. The van der Waals surface area contributed by atoms with Gasteiger partial charge in [0.15, 0.2) is 0 Å². The van der Waals surface area contributed by atoms with E-state index in [4.69, 9.17) is 0 Å². The highest BCUT2D eigenvalue weighted by atomic mass is 32.2. The number of rotatable bonds is 6. The van der Waals surface area contributed by atoms with Gasteiger partial charge < -0.3 is 5.32 Å². The first-order valence-electron chi connectivity index (χ1n) is 8.35. The Morgan fingerprint density at radius 3 is 2.20 bits per heavy atom. The van der Waals surface area contributed by atoms with Crippen LogP contribution >= 0.6 is 11.8 Å². The van der Waals surface area contributed by atoms with E-state index in [1.54, 1.807) is 11.8 Å². The summed E-state index contributed by atoms with van der Waals surface area (Å²) < 4.78 is 0. The van der Waals surface area contributed by atoms with Crippen LogP contribution in [-0.4, -0.2) is 11.2 Å². The first-order chi connectivity index (χ1) is 12.2. The summed E-state index contributed by atoms with van der Waals surface area (Å²) in [6.07, 6.45) is 0. The quantitative estimate of drug-likeness (QED) is 0.627. The zero-order valence-corrected chi connectivity index (χ0v) is 15.0. The zero-order chi connectivity index (χ0) is 17.5. The number of para-hydroxylation sites is 1.